The van der Waals surface area contributed by atoms with Gasteiger partial charge in [0.25, 0.3) is 0 Å². The lowest BCUT2D eigenvalue weighted by Crippen LogP contribution is -2.31. The van der Waals surface area contributed by atoms with Crippen LogP contribution in [0, 0.1) is 11.3 Å². The van der Waals surface area contributed by atoms with Crippen LogP contribution in [-0.4, -0.2) is 23.4 Å². The van der Waals surface area contributed by atoms with Crippen LogP contribution < -0.4 is 16.4 Å². The minimum absolute atomic E-state index is 0.0842. The molecular formula is C27H21ClN4O4S. The molecule has 1 atom stereocenters. The number of carbonyl (C=O) groups excluding carboxylic acids is 3. The van der Waals surface area contributed by atoms with Crippen molar-refractivity contribution in [1.29, 1.82) is 5.26 Å². The quantitative estimate of drug-likeness (QED) is 0.357. The van der Waals surface area contributed by atoms with E-state index >= 15 is 0 Å². The van der Waals surface area contributed by atoms with E-state index in [0.29, 0.717) is 32.8 Å². The highest BCUT2D eigenvalue weighted by Crippen LogP contribution is 2.40. The summed E-state index contributed by atoms with van der Waals surface area (Å²) in [6.07, 6.45) is 1.45. The van der Waals surface area contributed by atoms with Crippen LogP contribution in [0.2, 0.25) is 5.02 Å². The molecule has 2 amide bonds. The van der Waals surface area contributed by atoms with Gasteiger partial charge >= 0.3 is 0 Å². The van der Waals surface area contributed by atoms with Gasteiger partial charge in [-0.2, -0.15) is 5.26 Å². The predicted molar refractivity (Wildman–Crippen MR) is 142 cm³/mol. The number of hydrogen-bond donors (Lipinski definition) is 3. The highest BCUT2D eigenvalue weighted by Gasteiger charge is 2.35. The van der Waals surface area contributed by atoms with Gasteiger partial charge in [-0.1, -0.05) is 53.7 Å². The molecule has 0 radical (unpaired) electrons. The number of furan rings is 1. The average molecular weight is 533 g/mol. The van der Waals surface area contributed by atoms with Crippen LogP contribution in [0.15, 0.2) is 93.2 Å². The van der Waals surface area contributed by atoms with E-state index in [1.54, 1.807) is 61.5 Å². The monoisotopic (exact) mass is 532 g/mol. The lowest BCUT2D eigenvalue weighted by molar-refractivity contribution is -0.115. The van der Waals surface area contributed by atoms with Gasteiger partial charge in [0.1, 0.15) is 5.76 Å². The number of nitrogens with zero attached hydrogens (tertiary/aromatic N) is 1. The second-order valence-corrected chi connectivity index (χ2v) is 9.47. The average Bonchev–Trinajstić information content (AvgIpc) is 3.42. The van der Waals surface area contributed by atoms with Gasteiger partial charge in [0.2, 0.25) is 11.8 Å². The number of nitriles is 1. The van der Waals surface area contributed by atoms with Gasteiger partial charge in [-0.3, -0.25) is 14.4 Å². The third kappa shape index (κ3) is 5.61. The molecule has 4 N–H and O–H groups in total. The lowest BCUT2D eigenvalue weighted by Gasteiger charge is -2.27. The molecule has 0 bridgehead atoms. The number of ketones is 1. The zero-order chi connectivity index (χ0) is 26.5. The molecule has 3 aromatic rings. The lowest BCUT2D eigenvalue weighted by atomic mass is 9.86. The summed E-state index contributed by atoms with van der Waals surface area (Å²) in [6.45, 7) is 1.67. The highest BCUT2D eigenvalue weighted by atomic mass is 35.5. The standard InChI is InChI=1S/C27H21ClN4O4S/c1-15-23(26(30)35)24(21-8-5-11-36-21)19(13-29)27(31-15)37-14-22(33)32-20-10-9-17(28)12-18(20)25(34)16-6-3-2-4-7-16/h2-12,24,31H,14H2,1H3,(H2,30,35)(H,32,33). The van der Waals surface area contributed by atoms with E-state index < -0.39 is 17.7 Å². The molecule has 1 aromatic heterocycles. The van der Waals surface area contributed by atoms with Crippen molar-refractivity contribution in [3.8, 4) is 6.07 Å². The molecule has 0 aliphatic carbocycles. The van der Waals surface area contributed by atoms with Crippen molar-refractivity contribution in [2.24, 2.45) is 5.73 Å². The minimum Gasteiger partial charge on any atom is -0.468 e. The van der Waals surface area contributed by atoms with Crippen LogP contribution >= 0.6 is 23.4 Å². The molecule has 1 aliphatic heterocycles. The summed E-state index contributed by atoms with van der Waals surface area (Å²) in [5, 5.41) is 16.5. The van der Waals surface area contributed by atoms with Crippen molar-refractivity contribution in [2.75, 3.05) is 11.1 Å². The van der Waals surface area contributed by atoms with E-state index in [4.69, 9.17) is 21.8 Å². The Hall–Kier alpha value is -4.26. The fourth-order valence-electron chi connectivity index (χ4n) is 3.98. The molecule has 186 valence electrons. The Morgan fingerprint density at radius 2 is 1.92 bits per heavy atom. The van der Waals surface area contributed by atoms with Crippen molar-refractivity contribution >= 4 is 46.6 Å². The molecule has 37 heavy (non-hydrogen) atoms. The van der Waals surface area contributed by atoms with Crippen molar-refractivity contribution < 1.29 is 18.8 Å². The van der Waals surface area contributed by atoms with Crippen LogP contribution in [0.25, 0.3) is 0 Å². The summed E-state index contributed by atoms with van der Waals surface area (Å²) in [5.74, 6) is -1.86. The van der Waals surface area contributed by atoms with Gasteiger partial charge in [0.15, 0.2) is 5.78 Å². The minimum atomic E-state index is -0.796. The van der Waals surface area contributed by atoms with Crippen LogP contribution in [-0.2, 0) is 9.59 Å². The van der Waals surface area contributed by atoms with Gasteiger partial charge in [-0.25, -0.2) is 0 Å². The number of carbonyl (C=O) groups is 3. The van der Waals surface area contributed by atoms with Crippen molar-refractivity contribution in [3.05, 3.63) is 111 Å². The van der Waals surface area contributed by atoms with E-state index in [-0.39, 0.29) is 28.2 Å². The van der Waals surface area contributed by atoms with Crippen LogP contribution in [0.1, 0.15) is 34.5 Å². The Kier molecular flexibility index (Phi) is 7.82. The number of nitrogens with two attached hydrogens (primary N) is 1. The molecule has 1 unspecified atom stereocenters. The van der Waals surface area contributed by atoms with E-state index in [0.717, 1.165) is 11.8 Å². The number of thioether (sulfide) groups is 1. The smallest absolute Gasteiger partial charge is 0.247 e. The second kappa shape index (κ2) is 11.2. The number of rotatable bonds is 8. The Labute approximate surface area is 222 Å². The van der Waals surface area contributed by atoms with Gasteiger partial charge in [0, 0.05) is 21.8 Å². The van der Waals surface area contributed by atoms with Crippen LogP contribution in [0.3, 0.4) is 0 Å². The van der Waals surface area contributed by atoms with E-state index in [1.165, 1.54) is 12.3 Å². The Bertz CT molecular complexity index is 1470. The molecule has 0 saturated carbocycles. The second-order valence-electron chi connectivity index (χ2n) is 8.05. The molecule has 4 rings (SSSR count). The maximum atomic E-state index is 13.0. The third-order valence-electron chi connectivity index (χ3n) is 5.62. The number of amides is 2. The molecule has 0 fully saturated rings. The number of nitrogens with one attached hydrogen (secondary N) is 2. The van der Waals surface area contributed by atoms with Crippen molar-refractivity contribution in [3.63, 3.8) is 0 Å². The van der Waals surface area contributed by atoms with Gasteiger partial charge in [-0.05, 0) is 37.3 Å². The van der Waals surface area contributed by atoms with E-state index in [2.05, 4.69) is 16.7 Å². The number of primary amides is 1. The summed E-state index contributed by atoms with van der Waals surface area (Å²) in [6, 6.07) is 18.8. The SMILES string of the molecule is CC1=C(C(N)=O)C(c2ccco2)C(C#N)=C(SCC(=O)Nc2ccc(Cl)cc2C(=O)c2ccccc2)N1. The summed E-state index contributed by atoms with van der Waals surface area (Å²) in [5.41, 5.74) is 7.51. The summed E-state index contributed by atoms with van der Waals surface area (Å²) in [4.78, 5) is 38.1. The van der Waals surface area contributed by atoms with Gasteiger partial charge in [-0.15, -0.1) is 0 Å². The highest BCUT2D eigenvalue weighted by molar-refractivity contribution is 8.03. The number of anilines is 1. The molecular weight excluding hydrogens is 512 g/mol. The molecule has 10 heteroatoms. The molecule has 1 aliphatic rings. The van der Waals surface area contributed by atoms with E-state index in [9.17, 15) is 19.6 Å². The molecule has 0 saturated heterocycles. The first-order chi connectivity index (χ1) is 17.8. The zero-order valence-electron chi connectivity index (χ0n) is 19.6. The Morgan fingerprint density at radius 1 is 1.16 bits per heavy atom. The fourth-order valence-corrected chi connectivity index (χ4v) is 5.04. The third-order valence-corrected chi connectivity index (χ3v) is 6.88. The topological polar surface area (TPSA) is 138 Å². The van der Waals surface area contributed by atoms with Gasteiger partial charge < -0.3 is 20.8 Å². The molecule has 2 heterocycles. The fraction of sp³-hybridized carbons (Fsp3) is 0.111. The predicted octanol–water partition coefficient (Wildman–Crippen LogP) is 4.72. The number of dihydropyridines is 1. The maximum Gasteiger partial charge on any atom is 0.247 e. The van der Waals surface area contributed by atoms with Crippen molar-refractivity contribution in [2.45, 2.75) is 12.8 Å². The first-order valence-electron chi connectivity index (χ1n) is 11.1. The number of benzene rings is 2. The largest absolute Gasteiger partial charge is 0.468 e. The van der Waals surface area contributed by atoms with E-state index in [1.807, 2.05) is 0 Å². The van der Waals surface area contributed by atoms with Crippen molar-refractivity contribution in [1.82, 2.24) is 5.32 Å². The first kappa shape index (κ1) is 25.8. The molecule has 0 spiro atoms. The first-order valence-corrected chi connectivity index (χ1v) is 12.4. The number of hydrogen-bond acceptors (Lipinski definition) is 7. The summed E-state index contributed by atoms with van der Waals surface area (Å²) >= 11 is 7.21. The van der Waals surface area contributed by atoms with Crippen LogP contribution in [0.4, 0.5) is 5.69 Å². The molecule has 8 nitrogen and oxygen atoms in total. The van der Waals surface area contributed by atoms with Crippen LogP contribution in [0.5, 0.6) is 0 Å². The maximum absolute atomic E-state index is 13.0. The summed E-state index contributed by atoms with van der Waals surface area (Å²) in [7, 11) is 0. The Balaban J connectivity index is 1.55. The molecule has 2 aromatic carbocycles. The number of allylic oxidation sites excluding steroid dienone is 2. The number of halogens is 1. The Morgan fingerprint density at radius 3 is 2.57 bits per heavy atom. The summed E-state index contributed by atoms with van der Waals surface area (Å²) < 4.78 is 5.48. The zero-order valence-corrected chi connectivity index (χ0v) is 21.2. The normalized spacial score (nSPS) is 15.1. The van der Waals surface area contributed by atoms with Gasteiger partial charge in [0.05, 0.1) is 45.9 Å².